The second kappa shape index (κ2) is 7.16. The van der Waals surface area contributed by atoms with Gasteiger partial charge in [0.1, 0.15) is 0 Å². The van der Waals surface area contributed by atoms with Gasteiger partial charge in [-0.15, -0.1) is 0 Å². The molecular weight excluding hydrogens is 244 g/mol. The van der Waals surface area contributed by atoms with Crippen LogP contribution in [0.5, 0.6) is 0 Å². The Bertz CT molecular complexity index is 343. The molecule has 0 bridgehead atoms. The molecule has 0 aromatic carbocycles. The van der Waals surface area contributed by atoms with E-state index in [0.717, 1.165) is 19.3 Å². The first-order valence-corrected chi connectivity index (χ1v) is 6.80. The maximum atomic E-state index is 11.6. The van der Waals surface area contributed by atoms with Crippen molar-refractivity contribution in [2.24, 2.45) is 5.41 Å². The maximum Gasteiger partial charge on any atom is 0.315 e. The first-order chi connectivity index (χ1) is 8.89. The van der Waals surface area contributed by atoms with Gasteiger partial charge in [-0.3, -0.25) is 4.79 Å². The van der Waals surface area contributed by atoms with Gasteiger partial charge in [-0.05, 0) is 31.1 Å². The Morgan fingerprint density at radius 3 is 2.47 bits per heavy atom. The summed E-state index contributed by atoms with van der Waals surface area (Å²) < 4.78 is 0. The van der Waals surface area contributed by atoms with Gasteiger partial charge < -0.3 is 15.7 Å². The lowest BCUT2D eigenvalue weighted by Gasteiger charge is -2.24. The van der Waals surface area contributed by atoms with Crippen LogP contribution in [0.3, 0.4) is 0 Å². The fourth-order valence-electron chi connectivity index (χ4n) is 2.06. The molecule has 5 heteroatoms. The normalized spacial score (nSPS) is 15.5. The molecule has 0 saturated carbocycles. The van der Waals surface area contributed by atoms with Gasteiger partial charge >= 0.3 is 12.0 Å². The number of urea groups is 1. The van der Waals surface area contributed by atoms with E-state index in [1.165, 1.54) is 0 Å². The largest absolute Gasteiger partial charge is 0.481 e. The molecule has 19 heavy (non-hydrogen) atoms. The highest BCUT2D eigenvalue weighted by molar-refractivity contribution is 5.74. The van der Waals surface area contributed by atoms with Crippen molar-refractivity contribution in [1.29, 1.82) is 0 Å². The van der Waals surface area contributed by atoms with Crippen molar-refractivity contribution < 1.29 is 14.7 Å². The Hall–Kier alpha value is -1.52. The molecule has 0 fully saturated rings. The lowest BCUT2D eigenvalue weighted by molar-refractivity contribution is -0.137. The standard InChI is InChI=1S/C14H24N2O3/c1-14(2,8-7-12(17)18)9-10-15-13(19)16-11-5-3-4-6-11/h3-4,11H,5-10H2,1-2H3,(H,17,18)(H2,15,16,19). The third-order valence-electron chi connectivity index (χ3n) is 3.45. The molecule has 0 heterocycles. The molecule has 0 unspecified atom stereocenters. The lowest BCUT2D eigenvalue weighted by Crippen LogP contribution is -2.42. The Labute approximate surface area is 114 Å². The monoisotopic (exact) mass is 268 g/mol. The second-order valence-corrected chi connectivity index (χ2v) is 5.85. The zero-order valence-electron chi connectivity index (χ0n) is 11.7. The zero-order valence-corrected chi connectivity index (χ0v) is 11.7. The molecule has 0 aromatic heterocycles. The number of nitrogens with one attached hydrogen (secondary N) is 2. The van der Waals surface area contributed by atoms with E-state index in [9.17, 15) is 9.59 Å². The quantitative estimate of drug-likeness (QED) is 0.620. The third kappa shape index (κ3) is 6.84. The molecule has 3 N–H and O–H groups in total. The van der Waals surface area contributed by atoms with Crippen molar-refractivity contribution in [1.82, 2.24) is 10.6 Å². The van der Waals surface area contributed by atoms with Crippen molar-refractivity contribution in [3.8, 4) is 0 Å². The first-order valence-electron chi connectivity index (χ1n) is 6.80. The number of carboxylic acid groups (broad SMARTS) is 1. The van der Waals surface area contributed by atoms with Crippen LogP contribution in [-0.4, -0.2) is 29.7 Å². The summed E-state index contributed by atoms with van der Waals surface area (Å²) in [7, 11) is 0. The number of aliphatic carboxylic acids is 1. The van der Waals surface area contributed by atoms with E-state index in [4.69, 9.17) is 5.11 Å². The number of hydrogen-bond donors (Lipinski definition) is 3. The van der Waals surface area contributed by atoms with E-state index in [2.05, 4.69) is 22.8 Å². The summed E-state index contributed by atoms with van der Waals surface area (Å²) in [5, 5.41) is 14.4. The SMILES string of the molecule is CC(C)(CCNC(=O)NC1CC=CC1)CCC(=O)O. The van der Waals surface area contributed by atoms with Crippen LogP contribution in [0.1, 0.15) is 46.0 Å². The van der Waals surface area contributed by atoms with E-state index in [0.29, 0.717) is 13.0 Å². The van der Waals surface area contributed by atoms with Crippen molar-refractivity contribution in [3.63, 3.8) is 0 Å². The van der Waals surface area contributed by atoms with Crippen LogP contribution in [0.4, 0.5) is 4.79 Å². The molecule has 1 aliphatic rings. The van der Waals surface area contributed by atoms with Gasteiger partial charge in [0.25, 0.3) is 0 Å². The van der Waals surface area contributed by atoms with Gasteiger partial charge in [-0.1, -0.05) is 26.0 Å². The predicted octanol–water partition coefficient (Wildman–Crippen LogP) is 2.29. The molecule has 0 spiro atoms. The minimum atomic E-state index is -0.771. The maximum absolute atomic E-state index is 11.6. The number of amides is 2. The van der Waals surface area contributed by atoms with Crippen LogP contribution >= 0.6 is 0 Å². The van der Waals surface area contributed by atoms with Gasteiger partial charge in [0.15, 0.2) is 0 Å². The molecule has 0 saturated heterocycles. The van der Waals surface area contributed by atoms with Crippen molar-refractivity contribution in [2.75, 3.05) is 6.54 Å². The molecule has 1 aliphatic carbocycles. The molecule has 108 valence electrons. The number of carboxylic acids is 1. The molecule has 0 radical (unpaired) electrons. The zero-order chi connectivity index (χ0) is 14.3. The highest BCUT2D eigenvalue weighted by atomic mass is 16.4. The van der Waals surface area contributed by atoms with E-state index < -0.39 is 5.97 Å². The van der Waals surface area contributed by atoms with Crippen molar-refractivity contribution >= 4 is 12.0 Å². The lowest BCUT2D eigenvalue weighted by atomic mass is 9.84. The van der Waals surface area contributed by atoms with Crippen LogP contribution < -0.4 is 10.6 Å². The summed E-state index contributed by atoms with van der Waals surface area (Å²) in [4.78, 5) is 22.1. The Morgan fingerprint density at radius 2 is 1.89 bits per heavy atom. The van der Waals surface area contributed by atoms with E-state index in [1.54, 1.807) is 0 Å². The van der Waals surface area contributed by atoms with E-state index >= 15 is 0 Å². The third-order valence-corrected chi connectivity index (χ3v) is 3.45. The predicted molar refractivity (Wildman–Crippen MR) is 74.0 cm³/mol. The molecule has 2 amide bonds. The summed E-state index contributed by atoms with van der Waals surface area (Å²) in [5.41, 5.74) is -0.0689. The topological polar surface area (TPSA) is 78.4 Å². The minimum Gasteiger partial charge on any atom is -0.481 e. The summed E-state index contributed by atoms with van der Waals surface area (Å²) in [6.07, 6.45) is 7.51. The van der Waals surface area contributed by atoms with Gasteiger partial charge in [0.2, 0.25) is 0 Å². The van der Waals surface area contributed by atoms with Gasteiger partial charge in [-0.25, -0.2) is 4.79 Å². The van der Waals surface area contributed by atoms with E-state index in [1.807, 2.05) is 13.8 Å². The Morgan fingerprint density at radius 1 is 1.26 bits per heavy atom. The molecule has 0 aliphatic heterocycles. The summed E-state index contributed by atoms with van der Waals surface area (Å²) in [6, 6.07) is 0.0859. The fraction of sp³-hybridized carbons (Fsp3) is 0.714. The minimum absolute atomic E-state index is 0.0689. The number of rotatable bonds is 7. The molecular formula is C14H24N2O3. The molecule has 0 atom stereocenters. The molecule has 1 rings (SSSR count). The van der Waals surface area contributed by atoms with Crippen LogP contribution in [0.15, 0.2) is 12.2 Å². The number of carbonyl (C=O) groups is 2. The highest BCUT2D eigenvalue weighted by Crippen LogP contribution is 2.25. The molecule has 5 nitrogen and oxygen atoms in total. The van der Waals surface area contributed by atoms with Gasteiger partial charge in [0.05, 0.1) is 0 Å². The average molecular weight is 268 g/mol. The van der Waals surface area contributed by atoms with Crippen LogP contribution in [0.2, 0.25) is 0 Å². The van der Waals surface area contributed by atoms with Gasteiger partial charge in [-0.2, -0.15) is 0 Å². The van der Waals surface area contributed by atoms with Gasteiger partial charge in [0, 0.05) is 19.0 Å². The van der Waals surface area contributed by atoms with Crippen molar-refractivity contribution in [3.05, 3.63) is 12.2 Å². The Balaban J connectivity index is 2.14. The van der Waals surface area contributed by atoms with Crippen LogP contribution in [0, 0.1) is 5.41 Å². The number of hydrogen-bond acceptors (Lipinski definition) is 2. The van der Waals surface area contributed by atoms with Crippen LogP contribution in [0.25, 0.3) is 0 Å². The first kappa shape index (κ1) is 15.5. The molecule has 0 aromatic rings. The van der Waals surface area contributed by atoms with Crippen LogP contribution in [-0.2, 0) is 4.79 Å². The Kier molecular flexibility index (Phi) is 5.86. The average Bonchev–Trinajstić information content (AvgIpc) is 2.79. The summed E-state index contributed by atoms with van der Waals surface area (Å²) in [6.45, 7) is 4.62. The summed E-state index contributed by atoms with van der Waals surface area (Å²) in [5.74, 6) is -0.771. The number of carbonyl (C=O) groups excluding carboxylic acids is 1. The van der Waals surface area contributed by atoms with Crippen molar-refractivity contribution in [2.45, 2.75) is 52.0 Å². The van der Waals surface area contributed by atoms with E-state index in [-0.39, 0.29) is 23.9 Å². The second-order valence-electron chi connectivity index (χ2n) is 5.85. The fourth-order valence-corrected chi connectivity index (χ4v) is 2.06. The highest BCUT2D eigenvalue weighted by Gasteiger charge is 2.19. The summed E-state index contributed by atoms with van der Waals surface area (Å²) >= 11 is 0. The smallest absolute Gasteiger partial charge is 0.315 e.